The molecule has 0 spiro atoms. The fraction of sp³-hybridized carbons (Fsp3) is 0.143. The number of phenols is 1. The molecule has 0 atom stereocenters. The van der Waals surface area contributed by atoms with Crippen LogP contribution in [0, 0.1) is 11.6 Å². The first-order chi connectivity index (χ1) is 9.10. The molecule has 0 radical (unpaired) electrons. The number of aromatic hydroxyl groups is 1. The summed E-state index contributed by atoms with van der Waals surface area (Å²) in [5.41, 5.74) is 1.22. The lowest BCUT2D eigenvalue weighted by Crippen LogP contribution is -2.00. The van der Waals surface area contributed by atoms with Gasteiger partial charge in [0, 0.05) is 5.33 Å². The Morgan fingerprint density at radius 2 is 1.58 bits per heavy atom. The first-order valence-electron chi connectivity index (χ1n) is 5.54. The van der Waals surface area contributed by atoms with Gasteiger partial charge >= 0.3 is 0 Å². The van der Waals surface area contributed by atoms with Gasteiger partial charge in [0.25, 0.3) is 0 Å². The van der Waals surface area contributed by atoms with Gasteiger partial charge in [-0.2, -0.15) is 0 Å². The Hall–Kier alpha value is -1.62. The molecule has 0 aromatic heterocycles. The molecule has 100 valence electrons. The smallest absolute Gasteiger partial charge is 0.191 e. The predicted molar refractivity (Wildman–Crippen MR) is 71.4 cm³/mol. The van der Waals surface area contributed by atoms with Crippen LogP contribution in [0.3, 0.4) is 0 Å². The van der Waals surface area contributed by atoms with E-state index < -0.39 is 17.4 Å². The lowest BCUT2D eigenvalue weighted by molar-refractivity contribution is 0.274. The van der Waals surface area contributed by atoms with Crippen LogP contribution in [0.5, 0.6) is 11.5 Å². The average Bonchev–Trinajstić information content (AvgIpc) is 2.39. The zero-order chi connectivity index (χ0) is 13.8. The van der Waals surface area contributed by atoms with E-state index in [4.69, 9.17) is 9.84 Å². The molecule has 0 heterocycles. The zero-order valence-electron chi connectivity index (χ0n) is 9.87. The molecular weight excluding hydrogens is 318 g/mol. The minimum Gasteiger partial charge on any atom is -0.508 e. The Labute approximate surface area is 117 Å². The SMILES string of the molecule is Oc1ccc(COc2c(F)cc(CBr)cc2F)cc1. The summed E-state index contributed by atoms with van der Waals surface area (Å²) >= 11 is 3.14. The lowest BCUT2D eigenvalue weighted by atomic mass is 10.2. The van der Waals surface area contributed by atoms with E-state index in [9.17, 15) is 8.78 Å². The van der Waals surface area contributed by atoms with Gasteiger partial charge in [-0.1, -0.05) is 28.1 Å². The van der Waals surface area contributed by atoms with Crippen molar-refractivity contribution < 1.29 is 18.6 Å². The number of rotatable bonds is 4. The summed E-state index contributed by atoms with van der Waals surface area (Å²) < 4.78 is 32.4. The second kappa shape index (κ2) is 6.02. The molecular formula is C14H11BrF2O2. The van der Waals surface area contributed by atoms with Gasteiger partial charge in [0.15, 0.2) is 17.4 Å². The molecule has 1 N–H and O–H groups in total. The molecule has 0 aliphatic heterocycles. The van der Waals surface area contributed by atoms with E-state index >= 15 is 0 Å². The molecule has 2 nitrogen and oxygen atoms in total. The number of hydrogen-bond donors (Lipinski definition) is 1. The number of phenolic OH excluding ortho intramolecular Hbond substituents is 1. The van der Waals surface area contributed by atoms with E-state index in [1.807, 2.05) is 0 Å². The van der Waals surface area contributed by atoms with Gasteiger partial charge < -0.3 is 9.84 Å². The summed E-state index contributed by atoms with van der Waals surface area (Å²) in [4.78, 5) is 0. The fourth-order valence-corrected chi connectivity index (χ4v) is 1.90. The van der Waals surface area contributed by atoms with Crippen LogP contribution >= 0.6 is 15.9 Å². The van der Waals surface area contributed by atoms with Crippen LogP contribution in [0.25, 0.3) is 0 Å². The van der Waals surface area contributed by atoms with Gasteiger partial charge in [0.2, 0.25) is 0 Å². The number of hydrogen-bond acceptors (Lipinski definition) is 2. The summed E-state index contributed by atoms with van der Waals surface area (Å²) in [5, 5.41) is 9.50. The summed E-state index contributed by atoms with van der Waals surface area (Å²) in [6.07, 6.45) is 0. The van der Waals surface area contributed by atoms with Crippen LogP contribution in [-0.4, -0.2) is 5.11 Å². The molecule has 0 fully saturated rings. The molecule has 2 aromatic rings. The minimum atomic E-state index is -0.728. The predicted octanol–water partition coefficient (Wildman–Crippen LogP) is 4.14. The van der Waals surface area contributed by atoms with Gasteiger partial charge in [-0.15, -0.1) is 0 Å². The third-order valence-electron chi connectivity index (χ3n) is 2.53. The molecule has 0 amide bonds. The highest BCUT2D eigenvalue weighted by Gasteiger charge is 2.12. The summed E-state index contributed by atoms with van der Waals surface area (Å²) in [5.74, 6) is -1.72. The van der Waals surface area contributed by atoms with E-state index in [1.165, 1.54) is 24.3 Å². The third-order valence-corrected chi connectivity index (χ3v) is 3.18. The Bertz CT molecular complexity index is 547. The molecule has 0 saturated carbocycles. The summed E-state index contributed by atoms with van der Waals surface area (Å²) in [6.45, 7) is 0.0295. The van der Waals surface area contributed by atoms with Crippen LogP contribution in [0.2, 0.25) is 0 Å². The summed E-state index contributed by atoms with van der Waals surface area (Å²) in [7, 11) is 0. The number of ether oxygens (including phenoxy) is 1. The molecule has 0 aliphatic rings. The largest absolute Gasteiger partial charge is 0.508 e. The van der Waals surface area contributed by atoms with Gasteiger partial charge in [-0.3, -0.25) is 0 Å². The molecule has 0 saturated heterocycles. The van der Waals surface area contributed by atoms with E-state index in [2.05, 4.69) is 15.9 Å². The first-order valence-corrected chi connectivity index (χ1v) is 6.67. The van der Waals surface area contributed by atoms with Gasteiger partial charge in [-0.05, 0) is 35.4 Å². The van der Waals surface area contributed by atoms with Crippen LogP contribution in [-0.2, 0) is 11.9 Å². The molecule has 2 rings (SSSR count). The van der Waals surface area contributed by atoms with E-state index in [1.54, 1.807) is 12.1 Å². The molecule has 5 heteroatoms. The fourth-order valence-electron chi connectivity index (χ4n) is 1.58. The normalized spacial score (nSPS) is 10.5. The Morgan fingerprint density at radius 1 is 1.00 bits per heavy atom. The highest BCUT2D eigenvalue weighted by atomic mass is 79.9. The molecule has 0 unspecified atom stereocenters. The Morgan fingerprint density at radius 3 is 2.11 bits per heavy atom. The van der Waals surface area contributed by atoms with Crippen molar-refractivity contribution in [2.24, 2.45) is 0 Å². The van der Waals surface area contributed by atoms with Crippen molar-refractivity contribution >= 4 is 15.9 Å². The average molecular weight is 329 g/mol. The highest BCUT2D eigenvalue weighted by Crippen LogP contribution is 2.25. The van der Waals surface area contributed by atoms with Crippen molar-refractivity contribution in [2.45, 2.75) is 11.9 Å². The van der Waals surface area contributed by atoms with Crippen molar-refractivity contribution in [3.8, 4) is 11.5 Å². The lowest BCUT2D eigenvalue weighted by Gasteiger charge is -2.09. The second-order valence-corrected chi connectivity index (χ2v) is 4.54. The zero-order valence-corrected chi connectivity index (χ0v) is 11.5. The topological polar surface area (TPSA) is 29.5 Å². The molecule has 0 bridgehead atoms. The maximum atomic E-state index is 13.6. The van der Waals surface area contributed by atoms with E-state index in [-0.39, 0.29) is 12.4 Å². The highest BCUT2D eigenvalue weighted by molar-refractivity contribution is 9.08. The molecule has 2 aromatic carbocycles. The van der Waals surface area contributed by atoms with Crippen LogP contribution in [0.4, 0.5) is 8.78 Å². The summed E-state index contributed by atoms with van der Waals surface area (Å²) in [6, 6.07) is 8.67. The van der Waals surface area contributed by atoms with Crippen molar-refractivity contribution in [3.63, 3.8) is 0 Å². The van der Waals surface area contributed by atoms with Gasteiger partial charge in [-0.25, -0.2) is 8.78 Å². The third kappa shape index (κ3) is 3.44. The standard InChI is InChI=1S/C14H11BrF2O2/c15-7-10-5-12(16)14(13(17)6-10)19-8-9-1-3-11(18)4-2-9/h1-6,18H,7-8H2. The number of benzene rings is 2. The monoisotopic (exact) mass is 328 g/mol. The first kappa shape index (κ1) is 13.8. The molecule has 0 aliphatic carbocycles. The minimum absolute atomic E-state index is 0.0295. The Kier molecular flexibility index (Phi) is 4.37. The van der Waals surface area contributed by atoms with E-state index in [0.717, 1.165) is 0 Å². The van der Waals surface area contributed by atoms with Crippen LogP contribution < -0.4 is 4.74 Å². The molecule has 19 heavy (non-hydrogen) atoms. The van der Waals surface area contributed by atoms with Crippen molar-refractivity contribution in [3.05, 3.63) is 59.2 Å². The maximum absolute atomic E-state index is 13.6. The van der Waals surface area contributed by atoms with Crippen molar-refractivity contribution in [2.75, 3.05) is 0 Å². The van der Waals surface area contributed by atoms with Crippen molar-refractivity contribution in [1.29, 1.82) is 0 Å². The number of alkyl halides is 1. The quantitative estimate of drug-likeness (QED) is 0.854. The number of halogens is 3. The second-order valence-electron chi connectivity index (χ2n) is 3.98. The maximum Gasteiger partial charge on any atom is 0.191 e. The van der Waals surface area contributed by atoms with Gasteiger partial charge in [0.05, 0.1) is 0 Å². The van der Waals surface area contributed by atoms with Crippen LogP contribution in [0.15, 0.2) is 36.4 Å². The van der Waals surface area contributed by atoms with Gasteiger partial charge in [0.1, 0.15) is 12.4 Å². The van der Waals surface area contributed by atoms with Crippen molar-refractivity contribution in [1.82, 2.24) is 0 Å². The Balaban J connectivity index is 2.13. The van der Waals surface area contributed by atoms with E-state index in [0.29, 0.717) is 16.5 Å². The van der Waals surface area contributed by atoms with Crippen LogP contribution in [0.1, 0.15) is 11.1 Å².